The maximum Gasteiger partial charge on any atom is 0.241 e. The maximum atomic E-state index is 12.9. The van der Waals surface area contributed by atoms with E-state index in [0.29, 0.717) is 12.0 Å². The summed E-state index contributed by atoms with van der Waals surface area (Å²) in [6.45, 7) is 3.76. The number of rotatable bonds is 6. The molecule has 136 valence electrons. The number of carbonyl (C=O) groups excluding carboxylic acids is 1. The van der Waals surface area contributed by atoms with Gasteiger partial charge in [0.05, 0.1) is 6.10 Å². The second-order valence-corrected chi connectivity index (χ2v) is 6.10. The van der Waals surface area contributed by atoms with Crippen LogP contribution in [-0.4, -0.2) is 17.1 Å². The van der Waals surface area contributed by atoms with Crippen molar-refractivity contribution in [3.8, 4) is 0 Å². The van der Waals surface area contributed by atoms with E-state index in [2.05, 4.69) is 5.32 Å². The minimum atomic E-state index is -0.781. The second kappa shape index (κ2) is 9.51. The molecule has 0 heterocycles. The van der Waals surface area contributed by atoms with Crippen molar-refractivity contribution in [3.05, 3.63) is 71.0 Å². The van der Waals surface area contributed by atoms with E-state index in [-0.39, 0.29) is 30.2 Å². The summed E-state index contributed by atoms with van der Waals surface area (Å²) < 4.78 is 12.9. The predicted molar refractivity (Wildman–Crippen MR) is 98.9 cm³/mol. The van der Waals surface area contributed by atoms with Gasteiger partial charge in [-0.2, -0.15) is 0 Å². The van der Waals surface area contributed by atoms with Crippen molar-refractivity contribution in [1.29, 1.82) is 0 Å². The average molecular weight is 367 g/mol. The van der Waals surface area contributed by atoms with Crippen LogP contribution in [0, 0.1) is 12.7 Å². The molecule has 3 atom stereocenters. The Bertz CT molecular complexity index is 677. The lowest BCUT2D eigenvalue weighted by molar-refractivity contribution is -0.123. The molecule has 3 unspecified atom stereocenters. The summed E-state index contributed by atoms with van der Waals surface area (Å²) in [4.78, 5) is 12.2. The second-order valence-electron chi connectivity index (χ2n) is 6.10. The highest BCUT2D eigenvalue weighted by molar-refractivity contribution is 5.85. The number of benzene rings is 2. The van der Waals surface area contributed by atoms with Gasteiger partial charge in [-0.15, -0.1) is 12.4 Å². The summed E-state index contributed by atoms with van der Waals surface area (Å²) in [6, 6.07) is 12.1. The van der Waals surface area contributed by atoms with Crippen LogP contribution in [0.1, 0.15) is 42.2 Å². The molecule has 0 fully saturated rings. The van der Waals surface area contributed by atoms with Crippen LogP contribution >= 0.6 is 12.4 Å². The molecule has 2 aromatic rings. The van der Waals surface area contributed by atoms with E-state index < -0.39 is 12.1 Å². The van der Waals surface area contributed by atoms with Crippen LogP contribution in [0.4, 0.5) is 4.39 Å². The molecule has 0 bridgehead atoms. The Morgan fingerprint density at radius 1 is 1.12 bits per heavy atom. The summed E-state index contributed by atoms with van der Waals surface area (Å²) in [6.07, 6.45) is -0.464. The van der Waals surface area contributed by atoms with Crippen molar-refractivity contribution >= 4 is 18.3 Å². The number of nitrogens with two attached hydrogens (primary N) is 1. The van der Waals surface area contributed by atoms with Crippen molar-refractivity contribution < 1.29 is 14.3 Å². The Kier molecular flexibility index (Phi) is 8.03. The monoisotopic (exact) mass is 366 g/mol. The topological polar surface area (TPSA) is 75.4 Å². The highest BCUT2D eigenvalue weighted by Gasteiger charge is 2.19. The zero-order valence-corrected chi connectivity index (χ0v) is 15.1. The number of halogens is 2. The molecule has 2 aromatic carbocycles. The van der Waals surface area contributed by atoms with E-state index in [9.17, 15) is 14.3 Å². The van der Waals surface area contributed by atoms with Crippen LogP contribution in [0.3, 0.4) is 0 Å². The number of hydrogen-bond donors (Lipinski definition) is 3. The summed E-state index contributed by atoms with van der Waals surface area (Å²) >= 11 is 0. The van der Waals surface area contributed by atoms with Crippen molar-refractivity contribution in [2.45, 2.75) is 38.5 Å². The number of aliphatic hydroxyl groups is 1. The molecule has 0 aliphatic rings. The first-order valence-corrected chi connectivity index (χ1v) is 7.93. The average Bonchev–Trinajstić information content (AvgIpc) is 2.55. The minimum absolute atomic E-state index is 0. The molecule has 4 nitrogen and oxygen atoms in total. The molecule has 0 aromatic heterocycles. The maximum absolute atomic E-state index is 12.9. The molecule has 1 amide bonds. The first-order valence-electron chi connectivity index (χ1n) is 7.93. The fraction of sp³-hybridized carbons (Fsp3) is 0.316. The van der Waals surface area contributed by atoms with E-state index in [1.54, 1.807) is 6.92 Å². The van der Waals surface area contributed by atoms with Gasteiger partial charge >= 0.3 is 0 Å². The molecule has 0 saturated carbocycles. The minimum Gasteiger partial charge on any atom is -0.388 e. The summed E-state index contributed by atoms with van der Waals surface area (Å²) in [5.74, 6) is -0.644. The molecule has 0 spiro atoms. The molecule has 0 radical (unpaired) electrons. The van der Waals surface area contributed by atoms with Crippen molar-refractivity contribution in [3.63, 3.8) is 0 Å². The summed E-state index contributed by atoms with van der Waals surface area (Å²) in [5, 5.41) is 13.0. The lowest BCUT2D eigenvalue weighted by Crippen LogP contribution is -2.40. The number of hydrogen-bond acceptors (Lipinski definition) is 3. The third-order valence-electron chi connectivity index (χ3n) is 3.94. The smallest absolute Gasteiger partial charge is 0.241 e. The predicted octanol–water partition coefficient (Wildman–Crippen LogP) is 3.18. The van der Waals surface area contributed by atoms with Crippen LogP contribution in [-0.2, 0) is 4.79 Å². The number of aryl methyl sites for hydroxylation is 1. The Balaban J connectivity index is 0.00000312. The van der Waals surface area contributed by atoms with Crippen LogP contribution in [0.15, 0.2) is 48.5 Å². The van der Waals surface area contributed by atoms with Gasteiger partial charge in [-0.3, -0.25) is 4.79 Å². The Morgan fingerprint density at radius 3 is 2.20 bits per heavy atom. The molecule has 2 rings (SSSR count). The lowest BCUT2D eigenvalue weighted by atomic mass is 10.0. The van der Waals surface area contributed by atoms with Gasteiger partial charge in [-0.05, 0) is 43.5 Å². The van der Waals surface area contributed by atoms with Crippen LogP contribution in [0.2, 0.25) is 0 Å². The highest BCUT2D eigenvalue weighted by atomic mass is 35.5. The van der Waals surface area contributed by atoms with Gasteiger partial charge in [0.15, 0.2) is 0 Å². The Morgan fingerprint density at radius 2 is 1.64 bits per heavy atom. The van der Waals surface area contributed by atoms with Crippen molar-refractivity contribution in [2.24, 2.45) is 5.73 Å². The molecule has 6 heteroatoms. The largest absolute Gasteiger partial charge is 0.388 e. The lowest BCUT2D eigenvalue weighted by Gasteiger charge is -2.20. The van der Waals surface area contributed by atoms with Crippen LogP contribution in [0.25, 0.3) is 0 Å². The van der Waals surface area contributed by atoms with Crippen LogP contribution < -0.4 is 11.1 Å². The molecule has 25 heavy (non-hydrogen) atoms. The third kappa shape index (κ3) is 6.12. The quantitative estimate of drug-likeness (QED) is 0.735. The number of aliphatic hydroxyl groups excluding tert-OH is 1. The summed E-state index contributed by atoms with van der Waals surface area (Å²) in [5.41, 5.74) is 8.43. The number of nitrogens with one attached hydrogen (secondary N) is 1. The van der Waals surface area contributed by atoms with Gasteiger partial charge in [0.25, 0.3) is 0 Å². The van der Waals surface area contributed by atoms with Gasteiger partial charge in [-0.25, -0.2) is 4.39 Å². The van der Waals surface area contributed by atoms with Gasteiger partial charge < -0.3 is 16.2 Å². The normalized spacial score (nSPS) is 14.1. The molecule has 0 aliphatic heterocycles. The molecule has 4 N–H and O–H groups in total. The SMILES string of the molecule is Cc1ccc(C(N)C(=O)NC(C)CC(O)c2ccc(F)cc2)cc1.Cl. The Labute approximate surface area is 153 Å². The van der Waals surface area contributed by atoms with Gasteiger partial charge in [0.1, 0.15) is 11.9 Å². The van der Waals surface area contributed by atoms with Gasteiger partial charge in [-0.1, -0.05) is 42.0 Å². The van der Waals surface area contributed by atoms with E-state index in [4.69, 9.17) is 5.73 Å². The third-order valence-corrected chi connectivity index (χ3v) is 3.94. The van der Waals surface area contributed by atoms with Crippen molar-refractivity contribution in [2.75, 3.05) is 0 Å². The molecule has 0 saturated heterocycles. The zero-order chi connectivity index (χ0) is 17.7. The standard InChI is InChI=1S/C19H23FN2O2.ClH/c1-12-3-5-15(6-4-12)18(21)19(24)22-13(2)11-17(23)14-7-9-16(20)10-8-14;/h3-10,13,17-18,23H,11,21H2,1-2H3,(H,22,24);1H. The van der Waals surface area contributed by atoms with Gasteiger partial charge in [0, 0.05) is 6.04 Å². The van der Waals surface area contributed by atoms with Gasteiger partial charge in [0.2, 0.25) is 5.91 Å². The number of amides is 1. The molecular weight excluding hydrogens is 343 g/mol. The first kappa shape index (κ1) is 21.1. The fourth-order valence-corrected chi connectivity index (χ4v) is 2.47. The van der Waals surface area contributed by atoms with E-state index in [1.807, 2.05) is 31.2 Å². The number of carbonyl (C=O) groups is 1. The van der Waals surface area contributed by atoms with Crippen LogP contribution in [0.5, 0.6) is 0 Å². The van der Waals surface area contributed by atoms with E-state index >= 15 is 0 Å². The highest BCUT2D eigenvalue weighted by Crippen LogP contribution is 2.19. The first-order chi connectivity index (χ1) is 11.4. The molecular formula is C19H24ClFN2O2. The molecule has 0 aliphatic carbocycles. The van der Waals surface area contributed by atoms with Crippen molar-refractivity contribution in [1.82, 2.24) is 5.32 Å². The summed E-state index contributed by atoms with van der Waals surface area (Å²) in [7, 11) is 0. The fourth-order valence-electron chi connectivity index (χ4n) is 2.47. The van der Waals surface area contributed by atoms with E-state index in [0.717, 1.165) is 11.1 Å². The zero-order valence-electron chi connectivity index (χ0n) is 14.3. The van der Waals surface area contributed by atoms with E-state index in [1.165, 1.54) is 24.3 Å². The Hall–Kier alpha value is -1.95.